The first-order valence-electron chi connectivity index (χ1n) is 9.23. The minimum absolute atomic E-state index is 0.0218. The molecule has 1 unspecified atom stereocenters. The van der Waals surface area contributed by atoms with Crippen LogP contribution in [0, 0.1) is 0 Å². The third-order valence-corrected chi connectivity index (χ3v) is 5.60. The Morgan fingerprint density at radius 1 is 1.19 bits per heavy atom. The van der Waals surface area contributed by atoms with E-state index in [0.29, 0.717) is 38.1 Å². The molecule has 6 nitrogen and oxygen atoms in total. The number of para-hydroxylation sites is 1. The Morgan fingerprint density at radius 2 is 1.96 bits per heavy atom. The monoisotopic (exact) mass is 355 g/mol. The summed E-state index contributed by atoms with van der Waals surface area (Å²) in [6.07, 6.45) is 6.39. The van der Waals surface area contributed by atoms with E-state index < -0.39 is 5.60 Å². The highest BCUT2D eigenvalue weighted by Crippen LogP contribution is 2.39. The number of carbonyl (C=O) groups excluding carboxylic acids is 1. The second-order valence-corrected chi connectivity index (χ2v) is 7.72. The molecule has 2 aliphatic heterocycles. The van der Waals surface area contributed by atoms with E-state index >= 15 is 0 Å². The number of carbonyl (C=O) groups is 1. The molecule has 2 aliphatic rings. The summed E-state index contributed by atoms with van der Waals surface area (Å²) in [6.45, 7) is 3.75. The molecule has 1 spiro atoms. The maximum absolute atomic E-state index is 13.1. The first-order valence-corrected chi connectivity index (χ1v) is 9.23. The molecule has 0 bridgehead atoms. The van der Waals surface area contributed by atoms with Gasteiger partial charge in [-0.25, -0.2) is 4.68 Å². The number of likely N-dealkylation sites (tertiary alicyclic amines) is 1. The quantitative estimate of drug-likeness (QED) is 0.898. The fourth-order valence-corrected chi connectivity index (χ4v) is 4.20. The molecule has 6 heteroatoms. The number of amides is 1. The number of nitrogens with zero attached hydrogens (tertiary/aromatic N) is 3. The third kappa shape index (κ3) is 3.27. The molecule has 0 radical (unpaired) electrons. The van der Waals surface area contributed by atoms with E-state index in [0.717, 1.165) is 18.5 Å². The van der Waals surface area contributed by atoms with Crippen LogP contribution in [0.3, 0.4) is 0 Å². The molecule has 1 N–H and O–H groups in total. The Kier molecular flexibility index (Phi) is 4.32. The van der Waals surface area contributed by atoms with E-state index in [1.165, 1.54) is 0 Å². The first kappa shape index (κ1) is 17.2. The lowest BCUT2D eigenvalue weighted by atomic mass is 9.78. The number of hydrogen-bond donors (Lipinski definition) is 1. The van der Waals surface area contributed by atoms with Gasteiger partial charge in [0.25, 0.3) is 5.91 Å². The van der Waals surface area contributed by atoms with Gasteiger partial charge in [0, 0.05) is 31.9 Å². The lowest BCUT2D eigenvalue weighted by molar-refractivity contribution is -0.170. The number of hydrogen-bond acceptors (Lipinski definition) is 4. The molecular weight excluding hydrogens is 330 g/mol. The van der Waals surface area contributed by atoms with Crippen molar-refractivity contribution in [1.82, 2.24) is 14.7 Å². The van der Waals surface area contributed by atoms with Crippen molar-refractivity contribution in [2.24, 2.45) is 0 Å². The van der Waals surface area contributed by atoms with Crippen LogP contribution in [-0.4, -0.2) is 56.6 Å². The van der Waals surface area contributed by atoms with Gasteiger partial charge in [0.15, 0.2) is 0 Å². The zero-order chi connectivity index (χ0) is 18.2. The summed E-state index contributed by atoms with van der Waals surface area (Å²) in [7, 11) is 0. The first-order chi connectivity index (χ1) is 12.5. The molecule has 4 rings (SSSR count). The minimum atomic E-state index is -0.670. The van der Waals surface area contributed by atoms with E-state index in [2.05, 4.69) is 5.10 Å². The summed E-state index contributed by atoms with van der Waals surface area (Å²) < 4.78 is 7.77. The Bertz CT molecular complexity index is 777. The highest BCUT2D eigenvalue weighted by Gasteiger charge is 2.45. The van der Waals surface area contributed by atoms with Crippen molar-refractivity contribution in [3.63, 3.8) is 0 Å². The van der Waals surface area contributed by atoms with Crippen LogP contribution >= 0.6 is 0 Å². The molecule has 2 aromatic rings. The average molecular weight is 355 g/mol. The number of ether oxygens (including phenoxy) is 1. The van der Waals surface area contributed by atoms with E-state index in [1.54, 1.807) is 10.9 Å². The maximum atomic E-state index is 13.1. The van der Waals surface area contributed by atoms with Gasteiger partial charge in [-0.15, -0.1) is 0 Å². The van der Waals surface area contributed by atoms with Gasteiger partial charge in [0.1, 0.15) is 0 Å². The van der Waals surface area contributed by atoms with Crippen LogP contribution in [0.4, 0.5) is 0 Å². The molecule has 0 saturated carbocycles. The van der Waals surface area contributed by atoms with Gasteiger partial charge in [-0.3, -0.25) is 4.79 Å². The molecule has 1 aromatic carbocycles. The van der Waals surface area contributed by atoms with Gasteiger partial charge >= 0.3 is 0 Å². The molecule has 0 aliphatic carbocycles. The summed E-state index contributed by atoms with van der Waals surface area (Å²) in [5, 5.41) is 14.7. The standard InChI is InChI=1S/C20H25N3O3/c1-19(25)9-14-26-20(15-19)7-12-22(13-8-20)18(24)16-5-2-3-6-17(16)23-11-4-10-21-23/h2-6,10-11,25H,7-9,12-15H2,1H3. The van der Waals surface area contributed by atoms with Crippen LogP contribution < -0.4 is 0 Å². The third-order valence-electron chi connectivity index (χ3n) is 5.60. The predicted octanol–water partition coefficient (Wildman–Crippen LogP) is 2.41. The summed E-state index contributed by atoms with van der Waals surface area (Å²) in [4.78, 5) is 15.0. The Labute approximate surface area is 153 Å². The molecule has 1 amide bonds. The van der Waals surface area contributed by atoms with Crippen LogP contribution in [0.2, 0.25) is 0 Å². The SMILES string of the molecule is CC1(O)CCOC2(CCN(C(=O)c3ccccc3-n3cccn3)CC2)C1. The van der Waals surface area contributed by atoms with Gasteiger partial charge in [-0.1, -0.05) is 12.1 Å². The van der Waals surface area contributed by atoms with Crippen LogP contribution in [0.1, 0.15) is 43.0 Å². The number of benzene rings is 1. The van der Waals surface area contributed by atoms with Crippen LogP contribution in [0.25, 0.3) is 5.69 Å². The van der Waals surface area contributed by atoms with E-state index in [9.17, 15) is 9.90 Å². The molecule has 2 fully saturated rings. The lowest BCUT2D eigenvalue weighted by Gasteiger charge is -2.48. The minimum Gasteiger partial charge on any atom is -0.390 e. The summed E-state index contributed by atoms with van der Waals surface area (Å²) in [5.41, 5.74) is 0.486. The Morgan fingerprint density at radius 3 is 2.65 bits per heavy atom. The Balaban J connectivity index is 1.50. The van der Waals surface area contributed by atoms with Crippen molar-refractivity contribution < 1.29 is 14.6 Å². The number of rotatable bonds is 2. The summed E-state index contributed by atoms with van der Waals surface area (Å²) >= 11 is 0. The van der Waals surface area contributed by atoms with E-state index in [1.807, 2.05) is 48.4 Å². The van der Waals surface area contributed by atoms with Crippen molar-refractivity contribution in [3.8, 4) is 5.69 Å². The second kappa shape index (κ2) is 6.52. The van der Waals surface area contributed by atoms with Gasteiger partial charge in [-0.05, 0) is 44.4 Å². The average Bonchev–Trinajstić information content (AvgIpc) is 3.15. The Hall–Kier alpha value is -2.18. The molecule has 138 valence electrons. The zero-order valence-corrected chi connectivity index (χ0v) is 15.1. The molecular formula is C20H25N3O3. The van der Waals surface area contributed by atoms with Crippen LogP contribution in [0.15, 0.2) is 42.7 Å². The van der Waals surface area contributed by atoms with Crippen molar-refractivity contribution in [3.05, 3.63) is 48.3 Å². The normalized spacial score (nSPS) is 25.4. The zero-order valence-electron chi connectivity index (χ0n) is 15.1. The van der Waals surface area contributed by atoms with E-state index in [4.69, 9.17) is 4.74 Å². The van der Waals surface area contributed by atoms with Crippen molar-refractivity contribution >= 4 is 5.91 Å². The smallest absolute Gasteiger partial charge is 0.256 e. The molecule has 1 atom stereocenters. The maximum Gasteiger partial charge on any atom is 0.256 e. The molecule has 1 aromatic heterocycles. The highest BCUT2D eigenvalue weighted by molar-refractivity contribution is 5.97. The molecule has 3 heterocycles. The molecule has 2 saturated heterocycles. The van der Waals surface area contributed by atoms with Crippen molar-refractivity contribution in [1.29, 1.82) is 0 Å². The molecule has 26 heavy (non-hydrogen) atoms. The summed E-state index contributed by atoms with van der Waals surface area (Å²) in [6, 6.07) is 9.40. The van der Waals surface area contributed by atoms with Crippen molar-refractivity contribution in [2.75, 3.05) is 19.7 Å². The van der Waals surface area contributed by atoms with E-state index in [-0.39, 0.29) is 11.5 Å². The summed E-state index contributed by atoms with van der Waals surface area (Å²) in [5.74, 6) is 0.0218. The van der Waals surface area contributed by atoms with Crippen LogP contribution in [0.5, 0.6) is 0 Å². The number of piperidine rings is 1. The fraction of sp³-hybridized carbons (Fsp3) is 0.500. The second-order valence-electron chi connectivity index (χ2n) is 7.72. The van der Waals surface area contributed by atoms with Gasteiger partial charge in [0.05, 0.1) is 29.1 Å². The van der Waals surface area contributed by atoms with Gasteiger partial charge in [-0.2, -0.15) is 5.10 Å². The fourth-order valence-electron chi connectivity index (χ4n) is 4.20. The number of aliphatic hydroxyl groups is 1. The van der Waals surface area contributed by atoms with Gasteiger partial charge in [0.2, 0.25) is 0 Å². The van der Waals surface area contributed by atoms with Crippen molar-refractivity contribution in [2.45, 2.75) is 43.8 Å². The predicted molar refractivity (Wildman–Crippen MR) is 97.2 cm³/mol. The van der Waals surface area contributed by atoms with Gasteiger partial charge < -0.3 is 14.7 Å². The largest absolute Gasteiger partial charge is 0.390 e. The highest BCUT2D eigenvalue weighted by atomic mass is 16.5. The lowest BCUT2D eigenvalue weighted by Crippen LogP contribution is -2.54. The van der Waals surface area contributed by atoms with Crippen LogP contribution in [-0.2, 0) is 4.74 Å². The topological polar surface area (TPSA) is 67.6 Å². The number of aromatic nitrogens is 2.